The molecule has 3 aromatic carbocycles. The summed E-state index contributed by atoms with van der Waals surface area (Å²) in [6, 6.07) is 20.1. The molecule has 1 fully saturated rings. The van der Waals surface area contributed by atoms with Crippen molar-refractivity contribution in [3.05, 3.63) is 98.5 Å². The van der Waals surface area contributed by atoms with Gasteiger partial charge in [-0.3, -0.25) is 4.79 Å². The molecule has 1 N–H and O–H groups in total. The van der Waals surface area contributed by atoms with Gasteiger partial charge >= 0.3 is 0 Å². The molecule has 7 heteroatoms. The Kier molecular flexibility index (Phi) is 6.96. The first-order valence-corrected chi connectivity index (χ1v) is 11.5. The number of benzene rings is 3. The molecule has 4 rings (SSSR count). The molecular weight excluding hydrogens is 467 g/mol. The number of aliphatic hydroxyl groups excluding tert-OH is 1. The van der Waals surface area contributed by atoms with E-state index in [9.17, 15) is 9.90 Å². The lowest BCUT2D eigenvalue weighted by molar-refractivity contribution is -0.141. The summed E-state index contributed by atoms with van der Waals surface area (Å²) in [5, 5.41) is 12.6. The minimum atomic E-state index is -1.23. The number of hydrogen-bond acceptors (Lipinski definition) is 3. The van der Waals surface area contributed by atoms with E-state index in [-0.39, 0.29) is 11.9 Å². The number of anilines is 1. The van der Waals surface area contributed by atoms with Crippen LogP contribution in [-0.2, 0) is 4.79 Å². The number of aryl methyl sites for hydroxylation is 1. The van der Waals surface area contributed by atoms with E-state index < -0.39 is 6.10 Å². The van der Waals surface area contributed by atoms with E-state index in [2.05, 4.69) is 4.90 Å². The summed E-state index contributed by atoms with van der Waals surface area (Å²) in [4.78, 5) is 17.2. The molecule has 0 aromatic heterocycles. The van der Waals surface area contributed by atoms with Gasteiger partial charge < -0.3 is 14.9 Å². The van der Waals surface area contributed by atoms with Crippen molar-refractivity contribution in [3.63, 3.8) is 0 Å². The number of carbonyl (C=O) groups excluding carboxylic acids is 1. The number of amides is 1. The molecule has 1 saturated heterocycles. The highest BCUT2D eigenvalue weighted by atomic mass is 35.5. The average Bonchev–Trinajstić information content (AvgIpc) is 2.79. The van der Waals surface area contributed by atoms with Gasteiger partial charge in [-0.25, -0.2) is 0 Å². The maximum Gasteiger partial charge on any atom is 0.256 e. The van der Waals surface area contributed by atoms with Crippen LogP contribution < -0.4 is 4.90 Å². The van der Waals surface area contributed by atoms with Gasteiger partial charge in [-0.1, -0.05) is 59.1 Å². The lowest BCUT2D eigenvalue weighted by atomic mass is 9.99. The SMILES string of the molecule is Cc1cc(Cl)ccc1N1CCN(C(=O)C(O)c2ccc(Cl)cc2)CC1c1ccc(Cl)cc1. The Labute approximate surface area is 202 Å². The summed E-state index contributed by atoms with van der Waals surface area (Å²) in [5.74, 6) is -0.321. The average molecular weight is 490 g/mol. The standard InChI is InChI=1S/C25H23Cl3N2O2/c1-16-14-21(28)10-11-22(16)30-13-12-29(15-23(30)17-2-6-19(26)7-3-17)25(32)24(31)18-4-8-20(27)9-5-18/h2-11,14,23-24,31H,12-13,15H2,1H3. The number of aliphatic hydroxyl groups is 1. The Hall–Kier alpha value is -2.24. The molecule has 3 aromatic rings. The van der Waals surface area contributed by atoms with Crippen LogP contribution in [0.2, 0.25) is 15.1 Å². The molecule has 0 radical (unpaired) electrons. The molecule has 1 aliphatic rings. The zero-order chi connectivity index (χ0) is 22.8. The summed E-state index contributed by atoms with van der Waals surface area (Å²) in [7, 11) is 0. The first kappa shape index (κ1) is 22.9. The van der Waals surface area contributed by atoms with E-state index in [0.29, 0.717) is 40.3 Å². The maximum absolute atomic E-state index is 13.2. The van der Waals surface area contributed by atoms with Crippen molar-refractivity contribution in [1.82, 2.24) is 4.90 Å². The quantitative estimate of drug-likeness (QED) is 0.483. The molecule has 32 heavy (non-hydrogen) atoms. The van der Waals surface area contributed by atoms with Crippen LogP contribution in [0, 0.1) is 6.92 Å². The molecule has 0 saturated carbocycles. The van der Waals surface area contributed by atoms with Crippen molar-refractivity contribution in [1.29, 1.82) is 0 Å². The minimum Gasteiger partial charge on any atom is -0.378 e. The van der Waals surface area contributed by atoms with Gasteiger partial charge in [0.15, 0.2) is 6.10 Å². The van der Waals surface area contributed by atoms with Crippen LogP contribution >= 0.6 is 34.8 Å². The van der Waals surface area contributed by atoms with Crippen LogP contribution in [0.15, 0.2) is 66.7 Å². The van der Waals surface area contributed by atoms with Crippen molar-refractivity contribution < 1.29 is 9.90 Å². The van der Waals surface area contributed by atoms with Crippen LogP contribution in [0.5, 0.6) is 0 Å². The third-order valence-corrected chi connectivity index (χ3v) is 6.57. The molecule has 1 aliphatic heterocycles. The highest BCUT2D eigenvalue weighted by Crippen LogP contribution is 2.35. The minimum absolute atomic E-state index is 0.0951. The van der Waals surface area contributed by atoms with Gasteiger partial charge in [0.05, 0.1) is 6.04 Å². The van der Waals surface area contributed by atoms with E-state index in [0.717, 1.165) is 16.8 Å². The second-order valence-electron chi connectivity index (χ2n) is 7.93. The largest absolute Gasteiger partial charge is 0.378 e. The molecule has 166 valence electrons. The van der Waals surface area contributed by atoms with Gasteiger partial charge in [-0.15, -0.1) is 0 Å². The second-order valence-corrected chi connectivity index (χ2v) is 9.24. The number of nitrogens with zero attached hydrogens (tertiary/aromatic N) is 2. The van der Waals surface area contributed by atoms with E-state index >= 15 is 0 Å². The molecule has 2 atom stereocenters. The summed E-state index contributed by atoms with van der Waals surface area (Å²) in [6.45, 7) is 3.58. The summed E-state index contributed by atoms with van der Waals surface area (Å²) in [5.41, 5.74) is 3.71. The van der Waals surface area contributed by atoms with Crippen LogP contribution in [-0.4, -0.2) is 35.5 Å². The summed E-state index contributed by atoms with van der Waals surface area (Å²) < 4.78 is 0. The topological polar surface area (TPSA) is 43.8 Å². The van der Waals surface area contributed by atoms with E-state index in [4.69, 9.17) is 34.8 Å². The second kappa shape index (κ2) is 9.72. The number of piperazine rings is 1. The molecule has 1 heterocycles. The maximum atomic E-state index is 13.2. The van der Waals surface area contributed by atoms with E-state index in [1.54, 1.807) is 29.2 Å². The zero-order valence-corrected chi connectivity index (χ0v) is 19.8. The highest BCUT2D eigenvalue weighted by molar-refractivity contribution is 6.31. The molecular formula is C25H23Cl3N2O2. The lowest BCUT2D eigenvalue weighted by Gasteiger charge is -2.44. The molecule has 1 amide bonds. The lowest BCUT2D eigenvalue weighted by Crippen LogP contribution is -2.52. The van der Waals surface area contributed by atoms with Crippen molar-refractivity contribution in [3.8, 4) is 0 Å². The van der Waals surface area contributed by atoms with Gasteiger partial charge in [-0.2, -0.15) is 0 Å². The molecule has 0 bridgehead atoms. The van der Waals surface area contributed by atoms with E-state index in [1.165, 1.54) is 0 Å². The third kappa shape index (κ3) is 4.89. The Morgan fingerprint density at radius 2 is 1.50 bits per heavy atom. The fourth-order valence-electron chi connectivity index (χ4n) is 4.14. The monoisotopic (exact) mass is 488 g/mol. The highest BCUT2D eigenvalue weighted by Gasteiger charge is 2.34. The van der Waals surface area contributed by atoms with Crippen LogP contribution in [0.1, 0.15) is 28.8 Å². The van der Waals surface area contributed by atoms with Crippen LogP contribution in [0.3, 0.4) is 0 Å². The molecule has 0 spiro atoms. The molecule has 4 nitrogen and oxygen atoms in total. The van der Waals surface area contributed by atoms with Gasteiger partial charge in [0.1, 0.15) is 0 Å². The Balaban J connectivity index is 1.63. The summed E-state index contributed by atoms with van der Waals surface area (Å²) in [6.07, 6.45) is -1.23. The van der Waals surface area contributed by atoms with Gasteiger partial charge in [-0.05, 0) is 66.1 Å². The fraction of sp³-hybridized carbons (Fsp3) is 0.240. The number of halogens is 3. The van der Waals surface area contributed by atoms with Crippen molar-refractivity contribution in [2.24, 2.45) is 0 Å². The fourth-order valence-corrected chi connectivity index (χ4v) is 4.62. The Morgan fingerprint density at radius 1 is 0.906 bits per heavy atom. The van der Waals surface area contributed by atoms with Crippen molar-refractivity contribution >= 4 is 46.4 Å². The van der Waals surface area contributed by atoms with Gasteiger partial charge in [0, 0.05) is 40.4 Å². The van der Waals surface area contributed by atoms with E-state index in [1.807, 2.05) is 49.4 Å². The first-order chi connectivity index (χ1) is 15.3. The van der Waals surface area contributed by atoms with Crippen molar-refractivity contribution in [2.75, 3.05) is 24.5 Å². The van der Waals surface area contributed by atoms with Crippen molar-refractivity contribution in [2.45, 2.75) is 19.1 Å². The number of rotatable bonds is 4. The normalized spacial score (nSPS) is 17.3. The Bertz CT molecular complexity index is 1100. The third-order valence-electron chi connectivity index (χ3n) is 5.83. The van der Waals surface area contributed by atoms with Gasteiger partial charge in [0.2, 0.25) is 0 Å². The van der Waals surface area contributed by atoms with Crippen LogP contribution in [0.25, 0.3) is 0 Å². The number of carbonyl (C=O) groups is 1. The zero-order valence-electron chi connectivity index (χ0n) is 17.5. The first-order valence-electron chi connectivity index (χ1n) is 10.3. The summed E-state index contributed by atoms with van der Waals surface area (Å²) >= 11 is 18.2. The molecule has 0 aliphatic carbocycles. The predicted molar refractivity (Wildman–Crippen MR) is 131 cm³/mol. The van der Waals surface area contributed by atoms with Crippen LogP contribution in [0.4, 0.5) is 5.69 Å². The predicted octanol–water partition coefficient (Wildman–Crippen LogP) is 6.08. The smallest absolute Gasteiger partial charge is 0.256 e. The molecule has 2 unspecified atom stereocenters. The number of hydrogen-bond donors (Lipinski definition) is 1. The van der Waals surface area contributed by atoms with Gasteiger partial charge in [0.25, 0.3) is 5.91 Å². The Morgan fingerprint density at radius 3 is 2.12 bits per heavy atom.